The Labute approximate surface area is 122 Å². The Hall–Kier alpha value is -1.27. The number of rotatable bonds is 4. The van der Waals surface area contributed by atoms with Gasteiger partial charge in [-0.1, -0.05) is 12.1 Å². The van der Waals surface area contributed by atoms with E-state index in [1.54, 1.807) is 12.0 Å². The molecule has 0 saturated carbocycles. The van der Waals surface area contributed by atoms with Gasteiger partial charge in [0.25, 0.3) is 0 Å². The lowest BCUT2D eigenvalue weighted by Crippen LogP contribution is -2.30. The van der Waals surface area contributed by atoms with Crippen LogP contribution in [-0.4, -0.2) is 38.1 Å². The predicted molar refractivity (Wildman–Crippen MR) is 76.3 cm³/mol. The molecule has 1 saturated heterocycles. The van der Waals surface area contributed by atoms with Gasteiger partial charge in [-0.2, -0.15) is 0 Å². The van der Waals surface area contributed by atoms with Crippen LogP contribution in [0.3, 0.4) is 0 Å². The second-order valence-corrected chi connectivity index (χ2v) is 7.71. The first kappa shape index (κ1) is 15.1. The third-order valence-electron chi connectivity index (χ3n) is 3.59. The van der Waals surface area contributed by atoms with E-state index in [1.807, 2.05) is 31.2 Å². The summed E-state index contributed by atoms with van der Waals surface area (Å²) in [6.45, 7) is 2.00. The highest BCUT2D eigenvalue weighted by Crippen LogP contribution is 2.30. The van der Waals surface area contributed by atoms with Gasteiger partial charge in [-0.05, 0) is 24.6 Å². The van der Waals surface area contributed by atoms with E-state index >= 15 is 0 Å². The minimum atomic E-state index is -3.71. The summed E-state index contributed by atoms with van der Waals surface area (Å²) in [7, 11) is 3.21. The molecule has 20 heavy (non-hydrogen) atoms. The highest BCUT2D eigenvalue weighted by molar-refractivity contribution is 8.14. The minimum absolute atomic E-state index is 0.0493. The molecule has 1 fully saturated rings. The van der Waals surface area contributed by atoms with Crippen molar-refractivity contribution >= 4 is 25.6 Å². The Morgan fingerprint density at radius 3 is 2.40 bits per heavy atom. The molecule has 1 aromatic rings. The summed E-state index contributed by atoms with van der Waals surface area (Å²) in [5.41, 5.74) is 0.923. The molecule has 5 nitrogen and oxygen atoms in total. The topological polar surface area (TPSA) is 63.7 Å². The summed E-state index contributed by atoms with van der Waals surface area (Å²) in [6, 6.07) is 7.14. The van der Waals surface area contributed by atoms with E-state index in [2.05, 4.69) is 0 Å². The van der Waals surface area contributed by atoms with Crippen molar-refractivity contribution in [3.8, 4) is 5.75 Å². The quantitative estimate of drug-likeness (QED) is 0.796. The van der Waals surface area contributed by atoms with Crippen molar-refractivity contribution in [3.05, 3.63) is 29.8 Å². The number of hydrogen-bond donors (Lipinski definition) is 0. The largest absolute Gasteiger partial charge is 0.497 e. The second-order valence-electron chi connectivity index (χ2n) is 4.80. The summed E-state index contributed by atoms with van der Waals surface area (Å²) in [4.78, 5) is 13.5. The van der Waals surface area contributed by atoms with Crippen molar-refractivity contribution in [1.29, 1.82) is 0 Å². The standard InChI is InChI=1S/C13H16ClNO4S/c1-9(10-3-5-11(19-2)6-4-10)15-8-12(7-13(15)16)20(14,17)18/h3-6,9,12H,7-8H2,1-2H3/t9-,12?/m0/s1. The number of ether oxygens (including phenoxy) is 1. The van der Waals surface area contributed by atoms with Crippen LogP contribution in [0.15, 0.2) is 24.3 Å². The SMILES string of the molecule is COc1ccc([C@H](C)N2CC(S(=O)(=O)Cl)CC2=O)cc1. The Bertz CT molecular complexity index is 599. The summed E-state index contributed by atoms with van der Waals surface area (Å²) in [5.74, 6) is 0.539. The van der Waals surface area contributed by atoms with Gasteiger partial charge >= 0.3 is 0 Å². The van der Waals surface area contributed by atoms with Gasteiger partial charge in [-0.25, -0.2) is 8.42 Å². The fourth-order valence-corrected chi connectivity index (χ4v) is 3.36. The van der Waals surface area contributed by atoms with Crippen molar-refractivity contribution < 1.29 is 17.9 Å². The molecule has 0 aliphatic carbocycles. The van der Waals surface area contributed by atoms with E-state index in [9.17, 15) is 13.2 Å². The molecule has 1 amide bonds. The van der Waals surface area contributed by atoms with Gasteiger partial charge in [0.1, 0.15) is 11.0 Å². The summed E-state index contributed by atoms with van der Waals surface area (Å²) >= 11 is 0. The molecule has 0 bridgehead atoms. The number of hydrogen-bond acceptors (Lipinski definition) is 4. The predicted octanol–water partition coefficient (Wildman–Crippen LogP) is 1.93. The monoisotopic (exact) mass is 317 g/mol. The molecule has 1 aliphatic rings. The maximum Gasteiger partial charge on any atom is 0.237 e. The van der Waals surface area contributed by atoms with E-state index in [4.69, 9.17) is 15.4 Å². The first-order valence-corrected chi connectivity index (χ1v) is 8.57. The molecular weight excluding hydrogens is 302 g/mol. The van der Waals surface area contributed by atoms with Crippen LogP contribution in [0.2, 0.25) is 0 Å². The number of nitrogens with zero attached hydrogens (tertiary/aromatic N) is 1. The van der Waals surface area contributed by atoms with Crippen LogP contribution in [0.1, 0.15) is 24.9 Å². The molecule has 1 aliphatic heterocycles. The Morgan fingerprint density at radius 2 is 1.95 bits per heavy atom. The number of benzene rings is 1. The molecule has 0 radical (unpaired) electrons. The third-order valence-corrected chi connectivity index (χ3v) is 5.45. The van der Waals surface area contributed by atoms with Crippen LogP contribution >= 0.6 is 10.7 Å². The number of carbonyl (C=O) groups is 1. The maximum atomic E-state index is 11.9. The molecule has 1 heterocycles. The second kappa shape index (κ2) is 5.61. The van der Waals surface area contributed by atoms with Crippen LogP contribution < -0.4 is 4.74 Å². The molecule has 2 rings (SSSR count). The van der Waals surface area contributed by atoms with E-state index in [0.717, 1.165) is 11.3 Å². The van der Waals surface area contributed by atoms with E-state index in [0.29, 0.717) is 0 Å². The lowest BCUT2D eigenvalue weighted by Gasteiger charge is -2.25. The average Bonchev–Trinajstić information content (AvgIpc) is 2.80. The Balaban J connectivity index is 2.16. The lowest BCUT2D eigenvalue weighted by atomic mass is 10.1. The zero-order valence-corrected chi connectivity index (χ0v) is 12.8. The number of halogens is 1. The molecule has 2 atom stereocenters. The highest BCUT2D eigenvalue weighted by Gasteiger charge is 2.39. The van der Waals surface area contributed by atoms with Gasteiger partial charge in [-0.3, -0.25) is 4.79 Å². The smallest absolute Gasteiger partial charge is 0.237 e. The van der Waals surface area contributed by atoms with Crippen molar-refractivity contribution in [1.82, 2.24) is 4.90 Å². The lowest BCUT2D eigenvalue weighted by molar-refractivity contribution is -0.129. The zero-order valence-electron chi connectivity index (χ0n) is 11.2. The molecule has 0 N–H and O–H groups in total. The van der Waals surface area contributed by atoms with Gasteiger partial charge in [0, 0.05) is 23.6 Å². The third kappa shape index (κ3) is 3.07. The zero-order chi connectivity index (χ0) is 14.9. The van der Waals surface area contributed by atoms with Crippen molar-refractivity contribution in [2.45, 2.75) is 24.6 Å². The number of carbonyl (C=O) groups excluding carboxylic acids is 1. The fraction of sp³-hybridized carbons (Fsp3) is 0.462. The highest BCUT2D eigenvalue weighted by atomic mass is 35.7. The number of likely N-dealkylation sites (tertiary alicyclic amines) is 1. The van der Waals surface area contributed by atoms with Crippen molar-refractivity contribution in [2.75, 3.05) is 13.7 Å². The van der Waals surface area contributed by atoms with Crippen LogP contribution in [0.25, 0.3) is 0 Å². The van der Waals surface area contributed by atoms with Gasteiger partial charge in [0.15, 0.2) is 0 Å². The normalized spacial score (nSPS) is 21.1. The van der Waals surface area contributed by atoms with E-state index in [-0.39, 0.29) is 24.9 Å². The van der Waals surface area contributed by atoms with Crippen LogP contribution in [-0.2, 0) is 13.8 Å². The van der Waals surface area contributed by atoms with E-state index < -0.39 is 14.3 Å². The molecule has 110 valence electrons. The van der Waals surface area contributed by atoms with Gasteiger partial charge in [0.05, 0.1) is 13.2 Å². The van der Waals surface area contributed by atoms with E-state index in [1.165, 1.54) is 0 Å². The molecule has 0 spiro atoms. The fourth-order valence-electron chi connectivity index (χ4n) is 2.32. The molecule has 7 heteroatoms. The summed E-state index contributed by atoms with van der Waals surface area (Å²) < 4.78 is 27.8. The number of amides is 1. The van der Waals surface area contributed by atoms with Crippen molar-refractivity contribution in [3.63, 3.8) is 0 Å². The summed E-state index contributed by atoms with van der Waals surface area (Å²) in [5, 5.41) is -0.822. The van der Waals surface area contributed by atoms with Gasteiger partial charge in [0.2, 0.25) is 15.0 Å². The molecule has 0 aromatic heterocycles. The van der Waals surface area contributed by atoms with Gasteiger partial charge < -0.3 is 9.64 Å². The Kier molecular flexibility index (Phi) is 4.25. The molecular formula is C13H16ClNO4S. The first-order chi connectivity index (χ1) is 9.32. The Morgan fingerprint density at radius 1 is 1.35 bits per heavy atom. The minimum Gasteiger partial charge on any atom is -0.497 e. The molecule has 1 aromatic carbocycles. The van der Waals surface area contributed by atoms with Gasteiger partial charge in [-0.15, -0.1) is 0 Å². The summed E-state index contributed by atoms with van der Waals surface area (Å²) in [6.07, 6.45) is -0.0493. The van der Waals surface area contributed by atoms with Crippen LogP contribution in [0.5, 0.6) is 5.75 Å². The van der Waals surface area contributed by atoms with Crippen LogP contribution in [0.4, 0.5) is 0 Å². The molecule has 1 unspecified atom stereocenters. The average molecular weight is 318 g/mol. The number of methoxy groups -OCH3 is 1. The first-order valence-electron chi connectivity index (χ1n) is 6.20. The maximum absolute atomic E-state index is 11.9. The van der Waals surface area contributed by atoms with Crippen LogP contribution in [0, 0.1) is 0 Å². The van der Waals surface area contributed by atoms with Crippen molar-refractivity contribution in [2.24, 2.45) is 0 Å².